The fourth-order valence-corrected chi connectivity index (χ4v) is 4.16. The molecule has 0 fully saturated rings. The van der Waals surface area contributed by atoms with E-state index in [0.29, 0.717) is 28.5 Å². The molecule has 0 aliphatic heterocycles. The number of benzene rings is 3. The van der Waals surface area contributed by atoms with E-state index in [4.69, 9.17) is 0 Å². The van der Waals surface area contributed by atoms with E-state index in [1.807, 2.05) is 47.9 Å². The average Bonchev–Trinajstić information content (AvgIpc) is 3.36. The molecule has 2 amide bonds. The second kappa shape index (κ2) is 11.2. The van der Waals surface area contributed by atoms with Crippen molar-refractivity contribution < 1.29 is 9.59 Å². The molecule has 0 aliphatic carbocycles. The van der Waals surface area contributed by atoms with Crippen molar-refractivity contribution in [3.63, 3.8) is 0 Å². The van der Waals surface area contributed by atoms with Gasteiger partial charge in [0.05, 0.1) is 17.0 Å². The Balaban J connectivity index is 1.40. The van der Waals surface area contributed by atoms with Gasteiger partial charge >= 0.3 is 0 Å². The van der Waals surface area contributed by atoms with Crippen LogP contribution in [-0.4, -0.2) is 27.1 Å². The molecule has 0 unspecified atom stereocenters. The smallest absolute Gasteiger partial charge is 0.251 e. The van der Waals surface area contributed by atoms with Gasteiger partial charge in [-0.15, -0.1) is 0 Å². The number of nitriles is 1. The van der Waals surface area contributed by atoms with Crippen LogP contribution >= 0.6 is 11.8 Å². The predicted octanol–water partition coefficient (Wildman–Crippen LogP) is 4.71. The SMILES string of the molecule is Cc1ccc(CNC(=O)c2cccc(-n3ccnc3SCC(=O)Nc3ccccc3C#N)c2)cc1. The lowest BCUT2D eigenvalue weighted by atomic mass is 10.1. The van der Waals surface area contributed by atoms with Crippen molar-refractivity contribution >= 4 is 29.3 Å². The first-order chi connectivity index (χ1) is 17.0. The zero-order valence-electron chi connectivity index (χ0n) is 19.1. The highest BCUT2D eigenvalue weighted by molar-refractivity contribution is 7.99. The Labute approximate surface area is 207 Å². The first-order valence-corrected chi connectivity index (χ1v) is 11.9. The molecule has 7 nitrogen and oxygen atoms in total. The lowest BCUT2D eigenvalue weighted by Gasteiger charge is -2.11. The fourth-order valence-electron chi connectivity index (χ4n) is 3.39. The maximum absolute atomic E-state index is 12.7. The fraction of sp³-hybridized carbons (Fsp3) is 0.111. The maximum Gasteiger partial charge on any atom is 0.251 e. The molecule has 3 aromatic carbocycles. The Morgan fingerprint density at radius 3 is 2.66 bits per heavy atom. The highest BCUT2D eigenvalue weighted by Crippen LogP contribution is 2.22. The zero-order valence-corrected chi connectivity index (χ0v) is 19.9. The van der Waals surface area contributed by atoms with E-state index >= 15 is 0 Å². The minimum atomic E-state index is -0.239. The molecule has 35 heavy (non-hydrogen) atoms. The summed E-state index contributed by atoms with van der Waals surface area (Å²) in [7, 11) is 0. The number of nitrogens with one attached hydrogen (secondary N) is 2. The second-order valence-corrected chi connectivity index (χ2v) is 8.74. The lowest BCUT2D eigenvalue weighted by Crippen LogP contribution is -2.22. The van der Waals surface area contributed by atoms with Gasteiger partial charge in [-0.1, -0.05) is 59.8 Å². The number of para-hydroxylation sites is 1. The number of amides is 2. The third kappa shape index (κ3) is 6.16. The molecular formula is C27H23N5O2S. The van der Waals surface area contributed by atoms with Gasteiger partial charge in [0.1, 0.15) is 6.07 Å². The molecule has 1 aromatic heterocycles. The van der Waals surface area contributed by atoms with Crippen molar-refractivity contribution in [3.8, 4) is 11.8 Å². The van der Waals surface area contributed by atoms with Crippen molar-refractivity contribution in [1.82, 2.24) is 14.9 Å². The van der Waals surface area contributed by atoms with Crippen LogP contribution in [0.3, 0.4) is 0 Å². The molecule has 174 valence electrons. The number of hydrogen-bond donors (Lipinski definition) is 2. The molecule has 0 atom stereocenters. The summed E-state index contributed by atoms with van der Waals surface area (Å²) in [5.41, 5.74) is 4.39. The van der Waals surface area contributed by atoms with Gasteiger partial charge in [-0.05, 0) is 42.8 Å². The quantitative estimate of drug-likeness (QED) is 0.355. The molecule has 0 radical (unpaired) electrons. The van der Waals surface area contributed by atoms with Crippen molar-refractivity contribution in [3.05, 3.63) is 107 Å². The number of aromatic nitrogens is 2. The summed E-state index contributed by atoms with van der Waals surface area (Å²) in [6.45, 7) is 2.47. The van der Waals surface area contributed by atoms with Crippen LogP contribution in [-0.2, 0) is 11.3 Å². The van der Waals surface area contributed by atoms with Gasteiger partial charge < -0.3 is 10.6 Å². The van der Waals surface area contributed by atoms with E-state index < -0.39 is 0 Å². The molecule has 0 aliphatic rings. The number of carbonyl (C=O) groups excluding carboxylic acids is 2. The van der Waals surface area contributed by atoms with E-state index in [0.717, 1.165) is 11.3 Å². The van der Waals surface area contributed by atoms with Crippen LogP contribution in [0.4, 0.5) is 5.69 Å². The standard InChI is InChI=1S/C27H23N5O2S/c1-19-9-11-20(12-10-19)17-30-26(34)21-6-4-7-23(15-21)32-14-13-29-27(32)35-18-25(33)31-24-8-3-2-5-22(24)16-28/h2-15H,17-18H2,1H3,(H,30,34)(H,31,33). The summed E-state index contributed by atoms with van der Waals surface area (Å²) in [5, 5.41) is 15.5. The van der Waals surface area contributed by atoms with E-state index in [2.05, 4.69) is 21.7 Å². The van der Waals surface area contributed by atoms with Gasteiger partial charge in [0.15, 0.2) is 5.16 Å². The Bertz CT molecular complexity index is 1390. The average molecular weight is 482 g/mol. The molecule has 0 saturated heterocycles. The largest absolute Gasteiger partial charge is 0.348 e. The maximum atomic E-state index is 12.7. The third-order valence-corrected chi connectivity index (χ3v) is 6.19. The summed E-state index contributed by atoms with van der Waals surface area (Å²) in [4.78, 5) is 29.5. The first kappa shape index (κ1) is 23.8. The van der Waals surface area contributed by atoms with Crippen molar-refractivity contribution in [2.75, 3.05) is 11.1 Å². The van der Waals surface area contributed by atoms with Crippen molar-refractivity contribution in [2.45, 2.75) is 18.6 Å². The molecule has 2 N–H and O–H groups in total. The van der Waals surface area contributed by atoms with Crippen LogP contribution < -0.4 is 10.6 Å². The van der Waals surface area contributed by atoms with E-state index in [1.54, 1.807) is 48.8 Å². The molecule has 4 aromatic rings. The van der Waals surface area contributed by atoms with Gasteiger partial charge in [0.25, 0.3) is 5.91 Å². The van der Waals surface area contributed by atoms with Crippen LogP contribution in [0.5, 0.6) is 0 Å². The second-order valence-electron chi connectivity index (χ2n) is 7.79. The number of nitrogens with zero attached hydrogens (tertiary/aromatic N) is 3. The third-order valence-electron chi connectivity index (χ3n) is 5.22. The summed E-state index contributed by atoms with van der Waals surface area (Å²) in [6, 6.07) is 24.2. The lowest BCUT2D eigenvalue weighted by molar-refractivity contribution is -0.113. The molecule has 4 rings (SSSR count). The highest BCUT2D eigenvalue weighted by atomic mass is 32.2. The summed E-state index contributed by atoms with van der Waals surface area (Å²) in [6.07, 6.45) is 3.43. The van der Waals surface area contributed by atoms with Gasteiger partial charge in [0, 0.05) is 30.2 Å². The number of anilines is 1. The predicted molar refractivity (Wildman–Crippen MR) is 136 cm³/mol. The highest BCUT2D eigenvalue weighted by Gasteiger charge is 2.13. The zero-order chi connectivity index (χ0) is 24.6. The number of carbonyl (C=O) groups is 2. The molecular weight excluding hydrogens is 458 g/mol. The van der Waals surface area contributed by atoms with Gasteiger partial charge in [-0.3, -0.25) is 14.2 Å². The van der Waals surface area contributed by atoms with Crippen LogP contribution in [0.1, 0.15) is 27.0 Å². The minimum absolute atomic E-state index is 0.119. The first-order valence-electron chi connectivity index (χ1n) is 10.9. The van der Waals surface area contributed by atoms with Gasteiger partial charge in [0.2, 0.25) is 5.91 Å². The Morgan fingerprint density at radius 2 is 1.86 bits per heavy atom. The normalized spacial score (nSPS) is 10.4. The van der Waals surface area contributed by atoms with E-state index in [-0.39, 0.29) is 17.6 Å². The van der Waals surface area contributed by atoms with Crippen LogP contribution in [0, 0.1) is 18.3 Å². The van der Waals surface area contributed by atoms with Crippen LogP contribution in [0.15, 0.2) is 90.3 Å². The Hall–Kier alpha value is -4.35. The van der Waals surface area contributed by atoms with Crippen LogP contribution in [0.2, 0.25) is 0 Å². The summed E-state index contributed by atoms with van der Waals surface area (Å²) >= 11 is 1.27. The van der Waals surface area contributed by atoms with Crippen molar-refractivity contribution in [1.29, 1.82) is 5.26 Å². The Kier molecular flexibility index (Phi) is 7.60. The minimum Gasteiger partial charge on any atom is -0.348 e. The van der Waals surface area contributed by atoms with E-state index in [1.165, 1.54) is 17.3 Å². The summed E-state index contributed by atoms with van der Waals surface area (Å²) < 4.78 is 1.83. The number of thioether (sulfide) groups is 1. The Morgan fingerprint density at radius 1 is 1.06 bits per heavy atom. The molecule has 0 spiro atoms. The topological polar surface area (TPSA) is 99.8 Å². The number of aryl methyl sites for hydroxylation is 1. The van der Waals surface area contributed by atoms with Crippen molar-refractivity contribution in [2.24, 2.45) is 0 Å². The number of imidazole rings is 1. The molecule has 0 bridgehead atoms. The molecule has 8 heteroatoms. The number of hydrogen-bond acceptors (Lipinski definition) is 5. The number of rotatable bonds is 8. The van der Waals surface area contributed by atoms with Crippen LogP contribution in [0.25, 0.3) is 5.69 Å². The molecule has 1 heterocycles. The summed E-state index contributed by atoms with van der Waals surface area (Å²) in [5.74, 6) is -0.290. The van der Waals surface area contributed by atoms with Gasteiger partial charge in [-0.2, -0.15) is 5.26 Å². The molecule has 0 saturated carbocycles. The van der Waals surface area contributed by atoms with E-state index in [9.17, 15) is 14.9 Å². The van der Waals surface area contributed by atoms with Gasteiger partial charge in [-0.25, -0.2) is 4.98 Å². The monoisotopic (exact) mass is 481 g/mol.